The predicted molar refractivity (Wildman–Crippen MR) is 134 cm³/mol. The molecule has 0 saturated carbocycles. The largest absolute Gasteiger partial charge is 0.226 e. The zero-order valence-electron chi connectivity index (χ0n) is 18.0. The molecule has 0 radical (unpaired) electrons. The number of halogens is 1. The molecule has 2 heterocycles. The fourth-order valence-corrected chi connectivity index (χ4v) is 4.73. The van der Waals surface area contributed by atoms with Crippen molar-refractivity contribution in [1.82, 2.24) is 30.0 Å². The van der Waals surface area contributed by atoms with Gasteiger partial charge in [0, 0.05) is 10.2 Å². The number of aryl methyl sites for hydroxylation is 1. The van der Waals surface area contributed by atoms with Crippen LogP contribution in [0.15, 0.2) is 94.6 Å². The number of rotatable bonds is 7. The number of thioether (sulfide) groups is 1. The van der Waals surface area contributed by atoms with Crippen molar-refractivity contribution in [3.8, 4) is 17.1 Å². The first-order valence-corrected chi connectivity index (χ1v) is 12.3. The van der Waals surface area contributed by atoms with Crippen LogP contribution in [0.1, 0.15) is 16.7 Å². The molecule has 6 nitrogen and oxygen atoms in total. The Hall–Kier alpha value is -3.23. The highest BCUT2D eigenvalue weighted by atomic mass is 79.9. The maximum Gasteiger partial charge on any atom is 0.209 e. The Balaban J connectivity index is 1.47. The molecular formula is C25H21BrN6S. The SMILES string of the molecule is Cc1ccc(-n2ncc(-c3nnn(Cc4ccc(Br)cc4)n3)c2SCc2ccccc2)cc1. The molecule has 0 N–H and O–H groups in total. The van der Waals surface area contributed by atoms with E-state index in [1.165, 1.54) is 11.1 Å². The lowest BCUT2D eigenvalue weighted by molar-refractivity contribution is 0.573. The van der Waals surface area contributed by atoms with Crippen LogP contribution in [0.4, 0.5) is 0 Å². The predicted octanol–water partition coefficient (Wildman–Crippen LogP) is 5.94. The average molecular weight is 517 g/mol. The van der Waals surface area contributed by atoms with E-state index in [1.54, 1.807) is 16.6 Å². The molecule has 8 heteroatoms. The van der Waals surface area contributed by atoms with Crippen LogP contribution in [0.5, 0.6) is 0 Å². The summed E-state index contributed by atoms with van der Waals surface area (Å²) in [5.74, 6) is 1.39. The summed E-state index contributed by atoms with van der Waals surface area (Å²) in [6.07, 6.45) is 1.83. The summed E-state index contributed by atoms with van der Waals surface area (Å²) in [7, 11) is 0. The Morgan fingerprint density at radius 3 is 2.39 bits per heavy atom. The molecule has 3 aromatic carbocycles. The van der Waals surface area contributed by atoms with Crippen molar-refractivity contribution in [2.24, 2.45) is 0 Å². The summed E-state index contributed by atoms with van der Waals surface area (Å²) >= 11 is 5.19. The van der Waals surface area contributed by atoms with Crippen molar-refractivity contribution >= 4 is 27.7 Å². The third-order valence-corrected chi connectivity index (χ3v) is 6.83. The minimum atomic E-state index is 0.554. The highest BCUT2D eigenvalue weighted by Crippen LogP contribution is 2.33. The molecule has 0 spiro atoms. The van der Waals surface area contributed by atoms with E-state index in [4.69, 9.17) is 0 Å². The smallest absolute Gasteiger partial charge is 0.209 e. The molecule has 0 amide bonds. The van der Waals surface area contributed by atoms with Crippen LogP contribution in [0.3, 0.4) is 0 Å². The first-order valence-electron chi connectivity index (χ1n) is 10.5. The van der Waals surface area contributed by atoms with Crippen LogP contribution in [0.25, 0.3) is 17.1 Å². The molecule has 0 saturated heterocycles. The number of tetrazole rings is 1. The third kappa shape index (κ3) is 5.07. The van der Waals surface area contributed by atoms with Crippen molar-refractivity contribution in [2.45, 2.75) is 24.2 Å². The van der Waals surface area contributed by atoms with Gasteiger partial charge < -0.3 is 0 Å². The lowest BCUT2D eigenvalue weighted by Gasteiger charge is -2.09. The fraction of sp³-hybridized carbons (Fsp3) is 0.120. The monoisotopic (exact) mass is 516 g/mol. The van der Waals surface area contributed by atoms with Gasteiger partial charge in [-0.05, 0) is 47.5 Å². The summed E-state index contributed by atoms with van der Waals surface area (Å²) in [5.41, 5.74) is 5.44. The van der Waals surface area contributed by atoms with Gasteiger partial charge in [0.25, 0.3) is 0 Å². The van der Waals surface area contributed by atoms with Gasteiger partial charge in [0.2, 0.25) is 5.82 Å². The molecular weight excluding hydrogens is 496 g/mol. The van der Waals surface area contributed by atoms with E-state index in [0.29, 0.717) is 12.4 Å². The first kappa shape index (κ1) is 21.6. The molecule has 0 bridgehead atoms. The fourth-order valence-electron chi connectivity index (χ4n) is 3.40. The molecule has 0 atom stereocenters. The summed E-state index contributed by atoms with van der Waals surface area (Å²) in [6, 6.07) is 26.9. The minimum Gasteiger partial charge on any atom is -0.226 e. The Bertz CT molecular complexity index is 1340. The Morgan fingerprint density at radius 1 is 0.879 bits per heavy atom. The van der Waals surface area contributed by atoms with E-state index in [-0.39, 0.29) is 0 Å². The van der Waals surface area contributed by atoms with Crippen molar-refractivity contribution in [3.05, 3.63) is 106 Å². The van der Waals surface area contributed by atoms with Gasteiger partial charge in [-0.2, -0.15) is 9.90 Å². The van der Waals surface area contributed by atoms with Crippen LogP contribution in [0, 0.1) is 6.92 Å². The number of benzene rings is 3. The first-order chi connectivity index (χ1) is 16.2. The maximum atomic E-state index is 4.68. The lowest BCUT2D eigenvalue weighted by Crippen LogP contribution is -2.03. The summed E-state index contributed by atoms with van der Waals surface area (Å²) in [5, 5.41) is 18.9. The van der Waals surface area contributed by atoms with Crippen LogP contribution >= 0.6 is 27.7 Å². The van der Waals surface area contributed by atoms with Crippen molar-refractivity contribution in [3.63, 3.8) is 0 Å². The molecule has 2 aromatic heterocycles. The number of hydrogen-bond donors (Lipinski definition) is 0. The van der Waals surface area contributed by atoms with Gasteiger partial charge >= 0.3 is 0 Å². The molecule has 0 unspecified atom stereocenters. The van der Waals surface area contributed by atoms with Crippen molar-refractivity contribution in [2.75, 3.05) is 0 Å². The second kappa shape index (κ2) is 9.72. The second-order valence-corrected chi connectivity index (χ2v) is 9.53. The quantitative estimate of drug-likeness (QED) is 0.250. The molecule has 5 rings (SSSR count). The minimum absolute atomic E-state index is 0.554. The van der Waals surface area contributed by atoms with Gasteiger partial charge in [-0.25, -0.2) is 4.68 Å². The summed E-state index contributed by atoms with van der Waals surface area (Å²) in [4.78, 5) is 1.62. The van der Waals surface area contributed by atoms with Gasteiger partial charge in [0.1, 0.15) is 5.03 Å². The van der Waals surface area contributed by atoms with Crippen LogP contribution in [-0.2, 0) is 12.3 Å². The van der Waals surface area contributed by atoms with Gasteiger partial charge in [-0.1, -0.05) is 76.1 Å². The second-order valence-electron chi connectivity index (χ2n) is 7.65. The Morgan fingerprint density at radius 2 is 1.64 bits per heavy atom. The van der Waals surface area contributed by atoms with E-state index in [2.05, 4.69) is 91.9 Å². The molecule has 0 aliphatic heterocycles. The Kier molecular flexibility index (Phi) is 6.37. The van der Waals surface area contributed by atoms with Gasteiger partial charge in [-0.15, -0.1) is 22.0 Å². The maximum absolute atomic E-state index is 4.68. The van der Waals surface area contributed by atoms with E-state index in [1.807, 2.05) is 41.2 Å². The Labute approximate surface area is 204 Å². The molecule has 5 aromatic rings. The van der Waals surface area contributed by atoms with Crippen molar-refractivity contribution < 1.29 is 0 Å². The highest BCUT2D eigenvalue weighted by Gasteiger charge is 2.19. The van der Waals surface area contributed by atoms with E-state index >= 15 is 0 Å². The molecule has 0 fully saturated rings. The van der Waals surface area contributed by atoms with Gasteiger partial charge in [0.15, 0.2) is 0 Å². The van der Waals surface area contributed by atoms with Crippen LogP contribution in [0.2, 0.25) is 0 Å². The van der Waals surface area contributed by atoms with E-state index in [9.17, 15) is 0 Å². The molecule has 0 aliphatic carbocycles. The van der Waals surface area contributed by atoms with Crippen LogP contribution < -0.4 is 0 Å². The average Bonchev–Trinajstić information content (AvgIpc) is 3.47. The summed E-state index contributed by atoms with van der Waals surface area (Å²) < 4.78 is 3.00. The lowest BCUT2D eigenvalue weighted by atomic mass is 10.2. The number of hydrogen-bond acceptors (Lipinski definition) is 5. The molecule has 164 valence electrons. The standard InChI is InChI=1S/C25H21BrN6S/c1-18-7-13-22(14-8-18)32-25(33-17-20-5-3-2-4-6-20)23(15-27-32)24-28-30-31(29-24)16-19-9-11-21(26)12-10-19/h2-15H,16-17H2,1H3. The molecule has 0 aliphatic rings. The highest BCUT2D eigenvalue weighted by molar-refractivity contribution is 9.10. The van der Waals surface area contributed by atoms with E-state index in [0.717, 1.165) is 32.1 Å². The van der Waals surface area contributed by atoms with Gasteiger partial charge in [0.05, 0.1) is 24.0 Å². The summed E-state index contributed by atoms with van der Waals surface area (Å²) in [6.45, 7) is 2.63. The number of aromatic nitrogens is 6. The topological polar surface area (TPSA) is 61.4 Å². The van der Waals surface area contributed by atoms with Gasteiger partial charge in [-0.3, -0.25) is 0 Å². The van der Waals surface area contributed by atoms with E-state index < -0.39 is 0 Å². The number of nitrogens with zero attached hydrogens (tertiary/aromatic N) is 6. The third-order valence-electron chi connectivity index (χ3n) is 5.15. The van der Waals surface area contributed by atoms with Crippen LogP contribution in [-0.4, -0.2) is 30.0 Å². The van der Waals surface area contributed by atoms with Crippen molar-refractivity contribution in [1.29, 1.82) is 0 Å². The zero-order valence-corrected chi connectivity index (χ0v) is 20.4. The normalized spacial score (nSPS) is 11.1. The zero-order chi connectivity index (χ0) is 22.6. The molecule has 33 heavy (non-hydrogen) atoms.